The Hall–Kier alpha value is -1.23. The van der Waals surface area contributed by atoms with Crippen LogP contribution in [-0.2, 0) is 6.18 Å². The molecule has 0 saturated heterocycles. The number of alkyl halides is 3. The molecule has 1 aliphatic rings. The molecule has 2 N–H and O–H groups in total. The highest BCUT2D eigenvalue weighted by Crippen LogP contribution is 2.44. The largest absolute Gasteiger partial charge is 0.492 e. The fourth-order valence-corrected chi connectivity index (χ4v) is 2.16. The topological polar surface area (TPSA) is 35.2 Å². The Labute approximate surface area is 97.6 Å². The first-order valence-corrected chi connectivity index (χ1v) is 5.48. The Morgan fingerprint density at radius 3 is 2.71 bits per heavy atom. The van der Waals surface area contributed by atoms with Gasteiger partial charge in [-0.15, -0.1) is 0 Å². The molecule has 2 rings (SSSR count). The van der Waals surface area contributed by atoms with E-state index in [4.69, 9.17) is 10.5 Å². The van der Waals surface area contributed by atoms with Gasteiger partial charge in [0.05, 0.1) is 12.2 Å². The maximum Gasteiger partial charge on any atom is 0.419 e. The highest BCUT2D eigenvalue weighted by molar-refractivity contribution is 5.46. The van der Waals surface area contributed by atoms with E-state index in [0.29, 0.717) is 12.1 Å². The van der Waals surface area contributed by atoms with Gasteiger partial charge in [0.25, 0.3) is 0 Å². The molecule has 2 atom stereocenters. The molecule has 17 heavy (non-hydrogen) atoms. The summed E-state index contributed by atoms with van der Waals surface area (Å²) in [6, 6.07) is 4.14. The summed E-state index contributed by atoms with van der Waals surface area (Å²) in [6.45, 7) is 2.55. The fourth-order valence-electron chi connectivity index (χ4n) is 2.16. The Balaban J connectivity index is 2.48. The van der Waals surface area contributed by atoms with Crippen molar-refractivity contribution in [3.8, 4) is 5.75 Å². The second-order valence-corrected chi connectivity index (χ2v) is 4.32. The molecule has 94 valence electrons. The monoisotopic (exact) mass is 245 g/mol. The quantitative estimate of drug-likeness (QED) is 0.825. The van der Waals surface area contributed by atoms with Crippen LogP contribution in [0.2, 0.25) is 0 Å². The molecule has 1 aliphatic heterocycles. The minimum absolute atomic E-state index is 0.00829. The molecule has 5 heteroatoms. The molecule has 2 nitrogen and oxygen atoms in total. The minimum Gasteiger partial charge on any atom is -0.492 e. The van der Waals surface area contributed by atoms with Crippen LogP contribution in [0.3, 0.4) is 0 Å². The van der Waals surface area contributed by atoms with Crippen LogP contribution in [-0.4, -0.2) is 13.2 Å². The lowest BCUT2D eigenvalue weighted by atomic mass is 9.84. The zero-order valence-electron chi connectivity index (χ0n) is 9.42. The highest BCUT2D eigenvalue weighted by atomic mass is 19.4. The lowest BCUT2D eigenvalue weighted by Crippen LogP contribution is -2.31. The van der Waals surface area contributed by atoms with Crippen molar-refractivity contribution >= 4 is 0 Å². The Bertz CT molecular complexity index is 417. The van der Waals surface area contributed by atoms with Gasteiger partial charge >= 0.3 is 6.18 Å². The van der Waals surface area contributed by atoms with Crippen LogP contribution in [0.15, 0.2) is 18.2 Å². The first-order valence-electron chi connectivity index (χ1n) is 5.48. The molecule has 1 aromatic carbocycles. The Kier molecular flexibility index (Phi) is 3.03. The summed E-state index contributed by atoms with van der Waals surface area (Å²) in [5.41, 5.74) is 5.47. The van der Waals surface area contributed by atoms with Gasteiger partial charge in [0, 0.05) is 5.92 Å². The summed E-state index contributed by atoms with van der Waals surface area (Å²) in [5.74, 6) is 0.0363. The van der Waals surface area contributed by atoms with E-state index in [9.17, 15) is 13.2 Å². The van der Waals surface area contributed by atoms with Crippen LogP contribution in [0.1, 0.15) is 24.0 Å². The number of rotatable bonds is 1. The van der Waals surface area contributed by atoms with Crippen LogP contribution in [0, 0.1) is 5.92 Å². The molecule has 0 spiro atoms. The number of ether oxygens (including phenoxy) is 1. The summed E-state index contributed by atoms with van der Waals surface area (Å²) < 4.78 is 43.6. The maximum atomic E-state index is 12.8. The van der Waals surface area contributed by atoms with Gasteiger partial charge in [-0.25, -0.2) is 0 Å². The zero-order valence-corrected chi connectivity index (χ0v) is 9.42. The molecule has 1 aromatic rings. The van der Waals surface area contributed by atoms with Crippen LogP contribution in [0.4, 0.5) is 13.2 Å². The number of benzene rings is 1. The van der Waals surface area contributed by atoms with E-state index in [1.165, 1.54) is 6.07 Å². The molecule has 1 heterocycles. The maximum absolute atomic E-state index is 12.8. The number of nitrogens with two attached hydrogens (primary N) is 1. The minimum atomic E-state index is -4.37. The predicted molar refractivity (Wildman–Crippen MR) is 57.9 cm³/mol. The van der Waals surface area contributed by atoms with Crippen LogP contribution in [0.5, 0.6) is 5.75 Å². The molecule has 2 unspecified atom stereocenters. The van der Waals surface area contributed by atoms with E-state index in [2.05, 4.69) is 0 Å². The van der Waals surface area contributed by atoms with E-state index in [-0.39, 0.29) is 24.2 Å². The first kappa shape index (κ1) is 12.2. The molecule has 0 aromatic heterocycles. The van der Waals surface area contributed by atoms with Crippen molar-refractivity contribution in [2.45, 2.75) is 19.0 Å². The van der Waals surface area contributed by atoms with Crippen molar-refractivity contribution in [1.82, 2.24) is 0 Å². The molecule has 0 saturated carbocycles. The third-order valence-corrected chi connectivity index (χ3v) is 3.29. The van der Waals surface area contributed by atoms with Gasteiger partial charge < -0.3 is 10.5 Å². The Morgan fingerprint density at radius 2 is 2.12 bits per heavy atom. The number of para-hydroxylation sites is 1. The van der Waals surface area contributed by atoms with E-state index in [1.54, 1.807) is 6.07 Å². The van der Waals surface area contributed by atoms with E-state index in [0.717, 1.165) is 6.07 Å². The molecular weight excluding hydrogens is 231 g/mol. The lowest BCUT2D eigenvalue weighted by Gasteiger charge is -2.32. The molecule has 0 fully saturated rings. The number of fused-ring (bicyclic) bond motifs is 1. The smallest absolute Gasteiger partial charge is 0.419 e. The number of hydrogen-bond donors (Lipinski definition) is 1. The number of hydrogen-bond acceptors (Lipinski definition) is 2. The van der Waals surface area contributed by atoms with Crippen molar-refractivity contribution in [3.05, 3.63) is 29.3 Å². The normalized spacial score (nSPS) is 24.1. The molecular formula is C12H14F3NO. The van der Waals surface area contributed by atoms with Gasteiger partial charge in [-0.2, -0.15) is 13.2 Å². The number of halogens is 3. The predicted octanol–water partition coefficient (Wildman–Crippen LogP) is 2.78. The second-order valence-electron chi connectivity index (χ2n) is 4.32. The van der Waals surface area contributed by atoms with E-state index in [1.807, 2.05) is 6.92 Å². The lowest BCUT2D eigenvalue weighted by molar-refractivity contribution is -0.139. The van der Waals surface area contributed by atoms with Crippen molar-refractivity contribution in [1.29, 1.82) is 0 Å². The molecule has 0 aliphatic carbocycles. The highest BCUT2D eigenvalue weighted by Gasteiger charge is 2.38. The van der Waals surface area contributed by atoms with Gasteiger partial charge in [0.2, 0.25) is 0 Å². The van der Waals surface area contributed by atoms with Gasteiger partial charge in [0.1, 0.15) is 5.75 Å². The van der Waals surface area contributed by atoms with Gasteiger partial charge in [0.15, 0.2) is 0 Å². The third-order valence-electron chi connectivity index (χ3n) is 3.29. The van der Waals surface area contributed by atoms with E-state index < -0.39 is 11.7 Å². The average molecular weight is 245 g/mol. The molecule has 0 bridgehead atoms. The van der Waals surface area contributed by atoms with Crippen molar-refractivity contribution in [3.63, 3.8) is 0 Å². The Morgan fingerprint density at radius 1 is 1.41 bits per heavy atom. The summed E-state index contributed by atoms with van der Waals surface area (Å²) in [7, 11) is 0. The summed E-state index contributed by atoms with van der Waals surface area (Å²) in [6.07, 6.45) is -4.37. The summed E-state index contributed by atoms with van der Waals surface area (Å²) in [4.78, 5) is 0. The van der Waals surface area contributed by atoms with Crippen LogP contribution < -0.4 is 10.5 Å². The van der Waals surface area contributed by atoms with Gasteiger partial charge in [-0.05, 0) is 24.1 Å². The molecule has 0 amide bonds. The first-order chi connectivity index (χ1) is 7.95. The van der Waals surface area contributed by atoms with Crippen LogP contribution in [0.25, 0.3) is 0 Å². The molecule has 0 radical (unpaired) electrons. The fraction of sp³-hybridized carbons (Fsp3) is 0.500. The summed E-state index contributed by atoms with van der Waals surface area (Å²) >= 11 is 0. The van der Waals surface area contributed by atoms with Crippen molar-refractivity contribution < 1.29 is 17.9 Å². The second kappa shape index (κ2) is 4.22. The van der Waals surface area contributed by atoms with Crippen molar-refractivity contribution in [2.75, 3.05) is 13.2 Å². The SMILES string of the molecule is CC1c2cccc(C(F)(F)F)c2OCC1CN. The van der Waals surface area contributed by atoms with Gasteiger partial charge in [-0.1, -0.05) is 19.1 Å². The average Bonchev–Trinajstić information content (AvgIpc) is 2.28. The van der Waals surface area contributed by atoms with E-state index >= 15 is 0 Å². The third kappa shape index (κ3) is 2.11. The van der Waals surface area contributed by atoms with Crippen molar-refractivity contribution in [2.24, 2.45) is 11.7 Å². The standard InChI is InChI=1S/C12H14F3NO/c1-7-8(5-16)6-17-11-9(7)3-2-4-10(11)12(13,14)15/h2-4,7-8H,5-6,16H2,1H3. The van der Waals surface area contributed by atoms with Crippen LogP contribution >= 0.6 is 0 Å². The zero-order chi connectivity index (χ0) is 12.6. The van der Waals surface area contributed by atoms with Gasteiger partial charge in [-0.3, -0.25) is 0 Å². The summed E-state index contributed by atoms with van der Waals surface area (Å²) in [5, 5.41) is 0.